The molecule has 0 spiro atoms. The van der Waals surface area contributed by atoms with Crippen LogP contribution in [0.5, 0.6) is 0 Å². The lowest BCUT2D eigenvalue weighted by Gasteiger charge is -2.25. The van der Waals surface area contributed by atoms with Crippen molar-refractivity contribution in [3.63, 3.8) is 0 Å². The monoisotopic (exact) mass is 215 g/mol. The molecule has 0 bridgehead atoms. The van der Waals surface area contributed by atoms with Gasteiger partial charge in [0.15, 0.2) is 0 Å². The molecule has 4 heteroatoms. The first-order chi connectivity index (χ1) is 7.77. The van der Waals surface area contributed by atoms with Gasteiger partial charge in [-0.15, -0.1) is 4.79 Å². The second-order valence-corrected chi connectivity index (χ2v) is 4.31. The van der Waals surface area contributed by atoms with Crippen LogP contribution in [0.3, 0.4) is 0 Å². The Bertz CT molecular complexity index is 599. The Hall–Kier alpha value is -1.84. The lowest BCUT2D eigenvalue weighted by molar-refractivity contribution is 0.407. The van der Waals surface area contributed by atoms with Crippen LogP contribution in [-0.4, -0.2) is 9.89 Å². The van der Waals surface area contributed by atoms with Crippen LogP contribution in [0.1, 0.15) is 30.9 Å². The second kappa shape index (κ2) is 3.33. The third-order valence-electron chi connectivity index (χ3n) is 3.35. The van der Waals surface area contributed by atoms with E-state index in [4.69, 9.17) is 5.84 Å². The molecule has 0 aliphatic heterocycles. The van der Waals surface area contributed by atoms with Crippen molar-refractivity contribution in [1.29, 1.82) is 0 Å². The van der Waals surface area contributed by atoms with Crippen molar-refractivity contribution < 1.29 is 0 Å². The van der Waals surface area contributed by atoms with Gasteiger partial charge in [-0.3, -0.25) is 4.79 Å². The van der Waals surface area contributed by atoms with Crippen LogP contribution in [0.25, 0.3) is 10.8 Å². The van der Waals surface area contributed by atoms with Gasteiger partial charge in [0.1, 0.15) is 0 Å². The van der Waals surface area contributed by atoms with Crippen molar-refractivity contribution >= 4 is 10.8 Å². The summed E-state index contributed by atoms with van der Waals surface area (Å²) < 4.78 is 0. The van der Waals surface area contributed by atoms with Gasteiger partial charge in [0.05, 0.1) is 11.1 Å². The number of hydrogen-bond acceptors (Lipinski definition) is 3. The summed E-state index contributed by atoms with van der Waals surface area (Å²) in [6, 6.07) is 7.56. The Balaban J connectivity index is 2.35. The summed E-state index contributed by atoms with van der Waals surface area (Å²) in [5.41, 5.74) is 0.752. The zero-order chi connectivity index (χ0) is 11.1. The first-order valence-electron chi connectivity index (χ1n) is 5.54. The molecule has 1 aliphatic carbocycles. The van der Waals surface area contributed by atoms with Crippen molar-refractivity contribution in [2.75, 3.05) is 5.84 Å². The summed E-state index contributed by atoms with van der Waals surface area (Å²) in [6.45, 7) is 0. The van der Waals surface area contributed by atoms with E-state index in [2.05, 4.69) is 5.10 Å². The quantitative estimate of drug-likeness (QED) is 0.731. The maximum absolute atomic E-state index is 11.8. The molecule has 0 amide bonds. The standard InChI is InChI=1S/C12H13N3O/c13-15-12(16)10-7-2-1-6-9(10)11(14-15)8-4-3-5-8/h1-2,6-8H,3-5,13H2. The van der Waals surface area contributed by atoms with Crippen LogP contribution in [-0.2, 0) is 0 Å². The largest absolute Gasteiger partial charge is 0.320 e. The summed E-state index contributed by atoms with van der Waals surface area (Å²) in [5, 5.41) is 5.83. The van der Waals surface area contributed by atoms with Crippen LogP contribution < -0.4 is 11.4 Å². The maximum Gasteiger partial charge on any atom is 0.293 e. The number of nitrogens with two attached hydrogens (primary N) is 1. The van der Waals surface area contributed by atoms with E-state index in [9.17, 15) is 4.79 Å². The average Bonchev–Trinajstić information content (AvgIpc) is 2.23. The van der Waals surface area contributed by atoms with Gasteiger partial charge < -0.3 is 5.84 Å². The molecule has 1 heterocycles. The highest BCUT2D eigenvalue weighted by Gasteiger charge is 2.24. The predicted octanol–water partition coefficient (Wildman–Crippen LogP) is 1.38. The molecule has 0 saturated heterocycles. The Morgan fingerprint density at radius 3 is 2.56 bits per heavy atom. The van der Waals surface area contributed by atoms with Crippen LogP contribution >= 0.6 is 0 Å². The summed E-state index contributed by atoms with van der Waals surface area (Å²) in [7, 11) is 0. The van der Waals surface area contributed by atoms with Gasteiger partial charge in [-0.2, -0.15) is 5.10 Å². The van der Waals surface area contributed by atoms with Crippen molar-refractivity contribution in [1.82, 2.24) is 9.89 Å². The topological polar surface area (TPSA) is 60.9 Å². The average molecular weight is 215 g/mol. The van der Waals surface area contributed by atoms with Crippen LogP contribution in [0.4, 0.5) is 0 Å². The second-order valence-electron chi connectivity index (χ2n) is 4.31. The third kappa shape index (κ3) is 1.23. The Morgan fingerprint density at radius 1 is 1.25 bits per heavy atom. The van der Waals surface area contributed by atoms with Gasteiger partial charge in [0.25, 0.3) is 5.56 Å². The Morgan fingerprint density at radius 2 is 1.94 bits per heavy atom. The molecule has 0 atom stereocenters. The molecule has 1 aromatic carbocycles. The molecule has 1 fully saturated rings. The van der Waals surface area contributed by atoms with Gasteiger partial charge in [-0.25, -0.2) is 0 Å². The van der Waals surface area contributed by atoms with Gasteiger partial charge in [0.2, 0.25) is 0 Å². The highest BCUT2D eigenvalue weighted by molar-refractivity contribution is 5.84. The minimum absolute atomic E-state index is 0.223. The summed E-state index contributed by atoms with van der Waals surface area (Å²) in [4.78, 5) is 12.8. The normalized spacial score (nSPS) is 16.2. The summed E-state index contributed by atoms with van der Waals surface area (Å²) in [5.74, 6) is 6.07. The first-order valence-corrected chi connectivity index (χ1v) is 5.54. The van der Waals surface area contributed by atoms with E-state index in [1.807, 2.05) is 24.3 Å². The van der Waals surface area contributed by atoms with Crippen molar-refractivity contribution in [3.8, 4) is 0 Å². The van der Waals surface area contributed by atoms with Crippen molar-refractivity contribution in [2.24, 2.45) is 0 Å². The molecule has 2 N–H and O–H groups in total. The molecule has 0 radical (unpaired) electrons. The van der Waals surface area contributed by atoms with Gasteiger partial charge >= 0.3 is 0 Å². The van der Waals surface area contributed by atoms with E-state index in [0.29, 0.717) is 11.3 Å². The lowest BCUT2D eigenvalue weighted by Crippen LogP contribution is -2.32. The highest BCUT2D eigenvalue weighted by Crippen LogP contribution is 2.37. The van der Waals surface area contributed by atoms with E-state index in [0.717, 1.165) is 28.7 Å². The molecule has 1 aromatic heterocycles. The molecule has 1 saturated carbocycles. The van der Waals surface area contributed by atoms with Crippen molar-refractivity contribution in [3.05, 3.63) is 40.3 Å². The molecule has 2 aromatic rings. The van der Waals surface area contributed by atoms with E-state index < -0.39 is 0 Å². The molecular weight excluding hydrogens is 202 g/mol. The molecule has 3 rings (SSSR count). The van der Waals surface area contributed by atoms with Crippen LogP contribution in [0.2, 0.25) is 0 Å². The van der Waals surface area contributed by atoms with E-state index in [-0.39, 0.29) is 5.56 Å². The van der Waals surface area contributed by atoms with E-state index in [1.54, 1.807) is 0 Å². The number of hydrogen-bond donors (Lipinski definition) is 1. The maximum atomic E-state index is 11.8. The third-order valence-corrected chi connectivity index (χ3v) is 3.35. The molecule has 82 valence electrons. The zero-order valence-corrected chi connectivity index (χ0v) is 8.89. The number of aromatic nitrogens is 2. The Kier molecular flexibility index (Phi) is 1.96. The fraction of sp³-hybridized carbons (Fsp3) is 0.333. The lowest BCUT2D eigenvalue weighted by atomic mass is 9.81. The van der Waals surface area contributed by atoms with Crippen LogP contribution in [0, 0.1) is 0 Å². The zero-order valence-electron chi connectivity index (χ0n) is 8.89. The van der Waals surface area contributed by atoms with Crippen LogP contribution in [0.15, 0.2) is 29.1 Å². The minimum Gasteiger partial charge on any atom is -0.320 e. The van der Waals surface area contributed by atoms with Crippen molar-refractivity contribution in [2.45, 2.75) is 25.2 Å². The smallest absolute Gasteiger partial charge is 0.293 e. The molecule has 0 unspecified atom stereocenters. The minimum atomic E-state index is -0.223. The Labute approximate surface area is 92.7 Å². The number of fused-ring (bicyclic) bond motifs is 1. The van der Waals surface area contributed by atoms with E-state index in [1.165, 1.54) is 6.42 Å². The highest BCUT2D eigenvalue weighted by atomic mass is 16.1. The van der Waals surface area contributed by atoms with Gasteiger partial charge in [0, 0.05) is 11.3 Å². The molecular formula is C12H13N3O. The summed E-state index contributed by atoms with van der Waals surface area (Å²) >= 11 is 0. The molecule has 4 nitrogen and oxygen atoms in total. The van der Waals surface area contributed by atoms with Gasteiger partial charge in [-0.05, 0) is 18.9 Å². The fourth-order valence-corrected chi connectivity index (χ4v) is 2.21. The number of nitrogen functional groups attached to an aromatic ring is 1. The van der Waals surface area contributed by atoms with Gasteiger partial charge in [-0.1, -0.05) is 24.6 Å². The summed E-state index contributed by atoms with van der Waals surface area (Å²) in [6.07, 6.45) is 3.54. The predicted molar refractivity (Wildman–Crippen MR) is 62.7 cm³/mol. The number of nitrogens with zero attached hydrogens (tertiary/aromatic N) is 2. The number of rotatable bonds is 1. The number of benzene rings is 1. The molecule has 1 aliphatic rings. The SMILES string of the molecule is Nn1nc(C2CCC2)c2ccccc2c1=O. The molecule has 16 heavy (non-hydrogen) atoms. The first kappa shape index (κ1) is 9.39. The van der Waals surface area contributed by atoms with E-state index >= 15 is 0 Å². The fourth-order valence-electron chi connectivity index (χ4n) is 2.21.